The molecule has 1 unspecified atom stereocenters. The first kappa shape index (κ1) is 18.8. The van der Waals surface area contributed by atoms with Gasteiger partial charge in [0.2, 0.25) is 10.0 Å². The van der Waals surface area contributed by atoms with Crippen LogP contribution in [0.2, 0.25) is 5.02 Å². The van der Waals surface area contributed by atoms with Crippen LogP contribution in [0, 0.1) is 6.20 Å². The highest BCUT2D eigenvalue weighted by molar-refractivity contribution is 7.93. The Labute approximate surface area is 149 Å². The van der Waals surface area contributed by atoms with E-state index in [4.69, 9.17) is 11.6 Å². The zero-order valence-corrected chi connectivity index (χ0v) is 15.8. The molecule has 0 bridgehead atoms. The van der Waals surface area contributed by atoms with Crippen LogP contribution in [0.4, 0.5) is 5.69 Å². The Balaban J connectivity index is 2.27. The molecule has 1 radical (unpaired) electrons. The molecule has 1 N–H and O–H groups in total. The number of aromatic nitrogens is 2. The van der Waals surface area contributed by atoms with Crippen molar-refractivity contribution in [3.63, 3.8) is 0 Å². The summed E-state index contributed by atoms with van der Waals surface area (Å²) in [7, 11) is -3.43. The van der Waals surface area contributed by atoms with Crippen molar-refractivity contribution in [2.75, 3.05) is 4.72 Å². The van der Waals surface area contributed by atoms with E-state index in [1.54, 1.807) is 31.5 Å². The highest BCUT2D eigenvalue weighted by Crippen LogP contribution is 2.27. The van der Waals surface area contributed by atoms with Gasteiger partial charge < -0.3 is 4.57 Å². The molecule has 0 saturated heterocycles. The molecular formula is C17H23ClN3O2S. The van der Waals surface area contributed by atoms with E-state index in [0.717, 1.165) is 24.9 Å². The van der Waals surface area contributed by atoms with E-state index >= 15 is 0 Å². The van der Waals surface area contributed by atoms with Crippen molar-refractivity contribution in [3.8, 4) is 11.3 Å². The maximum absolute atomic E-state index is 12.2. The Bertz CT molecular complexity index is 787. The summed E-state index contributed by atoms with van der Waals surface area (Å²) >= 11 is 6.15. The fourth-order valence-corrected chi connectivity index (χ4v) is 3.49. The molecule has 0 aliphatic carbocycles. The van der Waals surface area contributed by atoms with Gasteiger partial charge in [-0.15, -0.1) is 0 Å². The normalized spacial score (nSPS) is 13.0. The Morgan fingerprint density at radius 3 is 2.75 bits per heavy atom. The second-order valence-electron chi connectivity index (χ2n) is 5.85. The fraction of sp³-hybridized carbons (Fsp3) is 0.471. The lowest BCUT2D eigenvalue weighted by molar-refractivity contribution is 0.586. The standard InChI is InChI=1S/C17H23ClN3O2S/c1-4-6-7-21-11-17(19-12-21)14-8-15(18)10-16(9-14)20-24(22,23)13(3)5-2/h8-10,12-13,20H,4-7H2,1-3H3. The van der Waals surface area contributed by atoms with E-state index in [0.29, 0.717) is 22.8 Å². The van der Waals surface area contributed by atoms with Gasteiger partial charge >= 0.3 is 0 Å². The number of benzene rings is 1. The van der Waals surface area contributed by atoms with E-state index in [-0.39, 0.29) is 0 Å². The van der Waals surface area contributed by atoms with Crippen molar-refractivity contribution in [2.24, 2.45) is 0 Å². The monoisotopic (exact) mass is 368 g/mol. The van der Waals surface area contributed by atoms with Gasteiger partial charge in [-0.25, -0.2) is 13.4 Å². The maximum atomic E-state index is 12.2. The topological polar surface area (TPSA) is 64.0 Å². The third-order valence-electron chi connectivity index (χ3n) is 3.86. The molecule has 0 saturated carbocycles. The minimum absolute atomic E-state index is 0.439. The summed E-state index contributed by atoms with van der Waals surface area (Å²) in [4.78, 5) is 4.34. The van der Waals surface area contributed by atoms with Crippen molar-refractivity contribution >= 4 is 27.3 Å². The van der Waals surface area contributed by atoms with Gasteiger partial charge in [-0.1, -0.05) is 31.9 Å². The molecule has 7 heteroatoms. The number of rotatable bonds is 8. The molecule has 0 aliphatic rings. The Morgan fingerprint density at radius 1 is 1.33 bits per heavy atom. The maximum Gasteiger partial charge on any atom is 0.235 e. The number of unbranched alkanes of at least 4 members (excludes halogenated alkanes) is 1. The second kappa shape index (κ2) is 8.03. The molecule has 1 aromatic carbocycles. The number of aryl methyl sites for hydroxylation is 1. The van der Waals surface area contributed by atoms with E-state index in [1.807, 2.05) is 11.5 Å². The van der Waals surface area contributed by atoms with Gasteiger partial charge in [0, 0.05) is 17.1 Å². The average molecular weight is 369 g/mol. The minimum Gasteiger partial charge on any atom is -0.329 e. The lowest BCUT2D eigenvalue weighted by Crippen LogP contribution is -2.24. The van der Waals surface area contributed by atoms with Crippen molar-refractivity contribution in [2.45, 2.75) is 51.8 Å². The predicted molar refractivity (Wildman–Crippen MR) is 98.7 cm³/mol. The molecule has 0 fully saturated rings. The number of nitrogens with zero attached hydrogens (tertiary/aromatic N) is 2. The number of imidazole rings is 1. The van der Waals surface area contributed by atoms with Crippen LogP contribution < -0.4 is 4.72 Å². The summed E-state index contributed by atoms with van der Waals surface area (Å²) in [5.74, 6) is 0. The lowest BCUT2D eigenvalue weighted by atomic mass is 10.1. The first-order chi connectivity index (χ1) is 11.4. The van der Waals surface area contributed by atoms with E-state index in [2.05, 4.69) is 22.8 Å². The number of hydrogen-bond acceptors (Lipinski definition) is 3. The van der Waals surface area contributed by atoms with Gasteiger partial charge in [0.05, 0.1) is 29.2 Å². The highest BCUT2D eigenvalue weighted by Gasteiger charge is 2.19. The third kappa shape index (κ3) is 4.74. The summed E-state index contributed by atoms with van der Waals surface area (Å²) in [5, 5.41) is -0.0226. The number of halogens is 1. The SMILES string of the molecule is CCCCn1[c]c(-c2cc(Cl)cc(NS(=O)(=O)C(C)CC)c2)nc1. The fourth-order valence-electron chi connectivity index (χ4n) is 2.17. The third-order valence-corrected chi connectivity index (χ3v) is 6.00. The molecule has 5 nitrogen and oxygen atoms in total. The van der Waals surface area contributed by atoms with Crippen LogP contribution in [-0.2, 0) is 16.6 Å². The van der Waals surface area contributed by atoms with Crippen LogP contribution in [0.15, 0.2) is 24.5 Å². The average Bonchev–Trinajstić information content (AvgIpc) is 3.00. The number of nitrogens with one attached hydrogen (secondary N) is 1. The van der Waals surface area contributed by atoms with Gasteiger partial charge in [0.15, 0.2) is 0 Å². The molecule has 0 spiro atoms. The van der Waals surface area contributed by atoms with Crippen LogP contribution >= 0.6 is 11.6 Å². The van der Waals surface area contributed by atoms with Crippen LogP contribution in [0.1, 0.15) is 40.0 Å². The summed E-state index contributed by atoms with van der Waals surface area (Å²) < 4.78 is 29.0. The predicted octanol–water partition coefficient (Wildman–Crippen LogP) is 4.34. The molecule has 1 heterocycles. The molecule has 1 atom stereocenters. The molecule has 2 aromatic rings. The van der Waals surface area contributed by atoms with Gasteiger partial charge in [-0.3, -0.25) is 4.72 Å². The van der Waals surface area contributed by atoms with Gasteiger partial charge in [-0.2, -0.15) is 0 Å². The number of anilines is 1. The number of hydrogen-bond donors (Lipinski definition) is 1. The van der Waals surface area contributed by atoms with Crippen molar-refractivity contribution in [1.82, 2.24) is 9.55 Å². The van der Waals surface area contributed by atoms with Crippen molar-refractivity contribution < 1.29 is 8.42 Å². The first-order valence-corrected chi connectivity index (χ1v) is 10.0. The van der Waals surface area contributed by atoms with Crippen LogP contribution in [0.25, 0.3) is 11.3 Å². The summed E-state index contributed by atoms with van der Waals surface area (Å²) in [6.45, 7) is 6.50. The minimum atomic E-state index is -3.43. The van der Waals surface area contributed by atoms with Gasteiger partial charge in [-0.05, 0) is 38.0 Å². The largest absolute Gasteiger partial charge is 0.329 e. The van der Waals surface area contributed by atoms with Crippen LogP contribution in [-0.4, -0.2) is 23.2 Å². The zero-order valence-electron chi connectivity index (χ0n) is 14.2. The molecule has 131 valence electrons. The Kier molecular flexibility index (Phi) is 6.29. The Hall–Kier alpha value is -1.53. The summed E-state index contributed by atoms with van der Waals surface area (Å²) in [6.07, 6.45) is 7.61. The van der Waals surface area contributed by atoms with Gasteiger partial charge in [0.1, 0.15) is 0 Å². The van der Waals surface area contributed by atoms with Gasteiger partial charge in [0.25, 0.3) is 0 Å². The smallest absolute Gasteiger partial charge is 0.235 e. The molecule has 0 aliphatic heterocycles. The Morgan fingerprint density at radius 2 is 2.08 bits per heavy atom. The summed E-state index contributed by atoms with van der Waals surface area (Å²) in [6, 6.07) is 5.08. The molecule has 2 rings (SSSR count). The lowest BCUT2D eigenvalue weighted by Gasteiger charge is -2.14. The van der Waals surface area contributed by atoms with E-state index in [9.17, 15) is 8.42 Å². The first-order valence-electron chi connectivity index (χ1n) is 8.12. The molecule has 24 heavy (non-hydrogen) atoms. The van der Waals surface area contributed by atoms with Crippen LogP contribution in [0.5, 0.6) is 0 Å². The van der Waals surface area contributed by atoms with E-state index < -0.39 is 15.3 Å². The van der Waals surface area contributed by atoms with Crippen LogP contribution in [0.3, 0.4) is 0 Å². The second-order valence-corrected chi connectivity index (χ2v) is 8.38. The van der Waals surface area contributed by atoms with Crippen molar-refractivity contribution in [1.29, 1.82) is 0 Å². The van der Waals surface area contributed by atoms with Crippen molar-refractivity contribution in [3.05, 3.63) is 35.7 Å². The number of sulfonamides is 1. The van der Waals surface area contributed by atoms with E-state index in [1.165, 1.54) is 0 Å². The summed E-state index contributed by atoms with van der Waals surface area (Å²) in [5.41, 5.74) is 1.83. The quantitative estimate of drug-likeness (QED) is 0.753. The molecular weight excluding hydrogens is 346 g/mol. The molecule has 1 aromatic heterocycles. The molecule has 0 amide bonds. The highest BCUT2D eigenvalue weighted by atomic mass is 35.5. The zero-order chi connectivity index (χ0) is 17.7.